The monoisotopic (exact) mass is 580 g/mol. The van der Waals surface area contributed by atoms with Gasteiger partial charge >= 0.3 is 6.18 Å². The molecular formula is C25H22F6N8O2. The zero-order valence-corrected chi connectivity index (χ0v) is 21.1. The first kappa shape index (κ1) is 28.0. The van der Waals surface area contributed by atoms with Crippen LogP contribution in [0.4, 0.5) is 37.8 Å². The lowest BCUT2D eigenvalue weighted by atomic mass is 10.1. The average molecular weight is 580 g/mol. The second-order valence-electron chi connectivity index (χ2n) is 9.64. The van der Waals surface area contributed by atoms with Gasteiger partial charge in [0.05, 0.1) is 40.2 Å². The fraction of sp³-hybridized carbons (Fsp3) is 0.360. The van der Waals surface area contributed by atoms with Crippen molar-refractivity contribution in [1.82, 2.24) is 29.7 Å². The van der Waals surface area contributed by atoms with Crippen LogP contribution in [0.1, 0.15) is 43.2 Å². The van der Waals surface area contributed by atoms with E-state index in [2.05, 4.69) is 25.4 Å². The van der Waals surface area contributed by atoms with Gasteiger partial charge in [-0.1, -0.05) is 0 Å². The molecule has 1 aliphatic carbocycles. The van der Waals surface area contributed by atoms with Gasteiger partial charge in [0.25, 0.3) is 17.5 Å². The third kappa shape index (κ3) is 5.85. The number of nitrogens with two attached hydrogens (primary N) is 1. The van der Waals surface area contributed by atoms with E-state index in [1.54, 1.807) is 5.10 Å². The maximum atomic E-state index is 15.0. The van der Waals surface area contributed by atoms with E-state index in [0.29, 0.717) is 12.8 Å². The number of aromatic amines is 1. The number of benzene rings is 1. The average Bonchev–Trinajstić information content (AvgIpc) is 3.74. The van der Waals surface area contributed by atoms with E-state index in [9.17, 15) is 35.9 Å². The lowest BCUT2D eigenvalue weighted by molar-refractivity contribution is -0.138. The van der Waals surface area contributed by atoms with Crippen LogP contribution >= 0.6 is 0 Å². The first-order chi connectivity index (χ1) is 19.4. The van der Waals surface area contributed by atoms with E-state index < -0.39 is 58.2 Å². The molecule has 0 saturated heterocycles. The number of hydrogen-bond acceptors (Lipinski definition) is 8. The molecule has 10 nitrogen and oxygen atoms in total. The van der Waals surface area contributed by atoms with Gasteiger partial charge in [-0.2, -0.15) is 18.3 Å². The van der Waals surface area contributed by atoms with E-state index in [-0.39, 0.29) is 34.8 Å². The zero-order chi connectivity index (χ0) is 29.5. The number of fused-ring (bicyclic) bond motifs is 1. The molecule has 1 unspecified atom stereocenters. The summed E-state index contributed by atoms with van der Waals surface area (Å²) in [7, 11) is 0. The van der Waals surface area contributed by atoms with E-state index in [0.717, 1.165) is 31.3 Å². The number of hydrogen-bond donors (Lipinski definition) is 3. The van der Waals surface area contributed by atoms with Gasteiger partial charge in [0.15, 0.2) is 5.82 Å². The number of nitrogens with one attached hydrogen (secondary N) is 2. The van der Waals surface area contributed by atoms with Gasteiger partial charge in [-0.25, -0.2) is 33.2 Å². The van der Waals surface area contributed by atoms with Crippen LogP contribution in [-0.2, 0) is 12.7 Å². The number of anilines is 2. The molecule has 1 saturated carbocycles. The number of halogens is 6. The maximum Gasteiger partial charge on any atom is 0.423 e. The quantitative estimate of drug-likeness (QED) is 0.249. The molecule has 0 aliphatic heterocycles. The Balaban J connectivity index is 1.33. The normalized spacial score (nSPS) is 14.5. The molecule has 1 atom stereocenters. The van der Waals surface area contributed by atoms with Crippen LogP contribution in [0.3, 0.4) is 0 Å². The standard InChI is InChI=1S/C25H22F6N8O2/c26-15-6-13-17(7-12(15)22-33-8-14(20(27)28)21(32)37-22)34-10-39(24(13)41)5-1-2-16(11-3-4-11)36-18-9-35-38-23(40)19(18)25(29,30)31/h6-11,16,20H,1-5H2,(H2,32,33,37)(H2,36,38,40). The molecule has 5 rings (SSSR count). The summed E-state index contributed by atoms with van der Waals surface area (Å²) >= 11 is 0. The first-order valence-electron chi connectivity index (χ1n) is 12.4. The van der Waals surface area contributed by atoms with Gasteiger partial charge in [-0.15, -0.1) is 0 Å². The van der Waals surface area contributed by atoms with Crippen LogP contribution in [0.5, 0.6) is 0 Å². The van der Waals surface area contributed by atoms with Crippen molar-refractivity contribution in [3.8, 4) is 11.4 Å². The molecule has 16 heteroatoms. The molecule has 1 fully saturated rings. The second kappa shape index (κ2) is 10.8. The lowest BCUT2D eigenvalue weighted by Crippen LogP contribution is -2.30. The van der Waals surface area contributed by atoms with Crippen LogP contribution in [0.25, 0.3) is 22.3 Å². The largest absolute Gasteiger partial charge is 0.423 e. The third-order valence-electron chi connectivity index (χ3n) is 6.82. The molecular weight excluding hydrogens is 558 g/mol. The Labute approximate surface area is 226 Å². The summed E-state index contributed by atoms with van der Waals surface area (Å²) in [4.78, 5) is 36.5. The molecule has 0 radical (unpaired) electrons. The fourth-order valence-corrected chi connectivity index (χ4v) is 4.61. The predicted octanol–water partition coefficient (Wildman–Crippen LogP) is 4.29. The molecule has 0 spiro atoms. The molecule has 216 valence electrons. The summed E-state index contributed by atoms with van der Waals surface area (Å²) in [6.07, 6.45) is -2.46. The van der Waals surface area contributed by atoms with Crippen LogP contribution in [0.15, 0.2) is 40.4 Å². The highest BCUT2D eigenvalue weighted by molar-refractivity contribution is 5.82. The summed E-state index contributed by atoms with van der Waals surface area (Å²) in [5.74, 6) is -1.54. The van der Waals surface area contributed by atoms with E-state index in [4.69, 9.17) is 5.73 Å². The summed E-state index contributed by atoms with van der Waals surface area (Å²) in [6, 6.07) is 1.77. The van der Waals surface area contributed by atoms with Crippen molar-refractivity contribution in [2.45, 2.75) is 50.9 Å². The molecule has 41 heavy (non-hydrogen) atoms. The fourth-order valence-electron chi connectivity index (χ4n) is 4.61. The Morgan fingerprint density at radius 2 is 1.90 bits per heavy atom. The van der Waals surface area contributed by atoms with E-state index >= 15 is 0 Å². The van der Waals surface area contributed by atoms with Gasteiger partial charge in [0, 0.05) is 18.8 Å². The van der Waals surface area contributed by atoms with Gasteiger partial charge in [-0.3, -0.25) is 14.2 Å². The molecule has 3 aromatic heterocycles. The molecule has 1 aliphatic rings. The predicted molar refractivity (Wildman–Crippen MR) is 136 cm³/mol. The van der Waals surface area contributed by atoms with Crippen molar-refractivity contribution in [3.63, 3.8) is 0 Å². The third-order valence-corrected chi connectivity index (χ3v) is 6.82. The Morgan fingerprint density at radius 1 is 1.15 bits per heavy atom. The van der Waals surface area contributed by atoms with Gasteiger partial charge in [0.2, 0.25) is 0 Å². The van der Waals surface area contributed by atoms with Crippen molar-refractivity contribution in [2.75, 3.05) is 11.1 Å². The minimum atomic E-state index is -4.87. The van der Waals surface area contributed by atoms with Crippen LogP contribution in [-0.4, -0.2) is 35.8 Å². The molecule has 0 amide bonds. The highest BCUT2D eigenvalue weighted by Gasteiger charge is 2.39. The van der Waals surface area contributed by atoms with Crippen molar-refractivity contribution in [3.05, 3.63) is 68.5 Å². The minimum Gasteiger partial charge on any atom is -0.383 e. The van der Waals surface area contributed by atoms with Crippen molar-refractivity contribution < 1.29 is 26.3 Å². The van der Waals surface area contributed by atoms with E-state index in [1.165, 1.54) is 17.0 Å². The highest BCUT2D eigenvalue weighted by atomic mass is 19.4. The molecule has 0 bridgehead atoms. The topological polar surface area (TPSA) is 144 Å². The Bertz CT molecular complexity index is 1720. The van der Waals surface area contributed by atoms with Gasteiger partial charge < -0.3 is 11.1 Å². The number of H-pyrrole nitrogens is 1. The van der Waals surface area contributed by atoms with Crippen molar-refractivity contribution in [1.29, 1.82) is 0 Å². The Kier molecular flexibility index (Phi) is 7.40. The number of rotatable bonds is 9. The Morgan fingerprint density at radius 3 is 2.56 bits per heavy atom. The SMILES string of the molecule is Nc1nc(-c2cc3ncn(CCCC(Nc4cn[nH]c(=O)c4C(F)(F)F)C4CC4)c(=O)c3cc2F)ncc1C(F)F. The van der Waals surface area contributed by atoms with Crippen LogP contribution in [0.2, 0.25) is 0 Å². The molecule has 3 heterocycles. The summed E-state index contributed by atoms with van der Waals surface area (Å²) < 4.78 is 82.4. The maximum absolute atomic E-state index is 15.0. The minimum absolute atomic E-state index is 0.0489. The lowest BCUT2D eigenvalue weighted by Gasteiger charge is -2.21. The number of alkyl halides is 5. The molecule has 4 N–H and O–H groups in total. The van der Waals surface area contributed by atoms with Crippen molar-refractivity contribution >= 4 is 22.4 Å². The number of nitrogen functional groups attached to an aromatic ring is 1. The van der Waals surface area contributed by atoms with E-state index in [1.807, 2.05) is 0 Å². The van der Waals surface area contributed by atoms with Gasteiger partial charge in [-0.05, 0) is 43.7 Å². The Hall–Kier alpha value is -4.50. The van der Waals surface area contributed by atoms with Crippen LogP contribution < -0.4 is 22.2 Å². The number of aromatic nitrogens is 6. The number of aryl methyl sites for hydroxylation is 1. The zero-order valence-electron chi connectivity index (χ0n) is 21.1. The summed E-state index contributed by atoms with van der Waals surface area (Å²) in [5, 5.41) is 8.04. The molecule has 4 aromatic rings. The summed E-state index contributed by atoms with van der Waals surface area (Å²) in [6.45, 7) is 0.143. The summed E-state index contributed by atoms with van der Waals surface area (Å²) in [5.41, 5.74) is 1.21. The number of nitrogens with zero attached hydrogens (tertiary/aromatic N) is 5. The van der Waals surface area contributed by atoms with Crippen LogP contribution in [0, 0.1) is 11.7 Å². The second-order valence-corrected chi connectivity index (χ2v) is 9.64. The van der Waals surface area contributed by atoms with Gasteiger partial charge in [0.1, 0.15) is 17.2 Å². The smallest absolute Gasteiger partial charge is 0.383 e. The van der Waals surface area contributed by atoms with Crippen molar-refractivity contribution in [2.24, 2.45) is 5.92 Å². The molecule has 1 aromatic carbocycles. The highest BCUT2D eigenvalue weighted by Crippen LogP contribution is 2.38. The first-order valence-corrected chi connectivity index (χ1v) is 12.4.